The second-order valence-corrected chi connectivity index (χ2v) is 8.76. The molecular weight excluding hydrogens is 471 g/mol. The number of imide groups is 1. The van der Waals surface area contributed by atoms with Crippen molar-refractivity contribution in [1.29, 1.82) is 0 Å². The maximum Gasteiger partial charge on any atom is 0.293 e. The van der Waals surface area contributed by atoms with Crippen LogP contribution in [0.1, 0.15) is 22.5 Å². The van der Waals surface area contributed by atoms with E-state index < -0.39 is 21.9 Å². The first-order chi connectivity index (χ1) is 15.7. The number of nitro groups is 1. The number of furan rings is 1. The number of carbonyl (C=O) groups excluding carboxylic acids is 2. The van der Waals surface area contributed by atoms with Gasteiger partial charge in [0.15, 0.2) is 0 Å². The molecule has 0 N–H and O–H groups in total. The van der Waals surface area contributed by atoms with Gasteiger partial charge in [0.25, 0.3) is 16.8 Å². The molecule has 0 unspecified atom stereocenters. The Bertz CT molecular complexity index is 1330. The van der Waals surface area contributed by atoms with Gasteiger partial charge in [-0.25, -0.2) is 4.39 Å². The summed E-state index contributed by atoms with van der Waals surface area (Å²) in [5, 5.41) is 10.9. The number of amides is 2. The zero-order valence-electron chi connectivity index (χ0n) is 17.4. The highest BCUT2D eigenvalue weighted by atomic mass is 35.5. The highest BCUT2D eigenvalue weighted by Gasteiger charge is 2.36. The molecule has 2 heterocycles. The summed E-state index contributed by atoms with van der Waals surface area (Å²) in [6, 6.07) is 10.6. The predicted octanol–water partition coefficient (Wildman–Crippen LogP) is 6.50. The highest BCUT2D eigenvalue weighted by Crippen LogP contribution is 2.36. The summed E-state index contributed by atoms with van der Waals surface area (Å²) in [7, 11) is 0. The van der Waals surface area contributed by atoms with Crippen LogP contribution in [0.15, 0.2) is 51.8 Å². The quantitative estimate of drug-likeness (QED) is 0.232. The van der Waals surface area contributed by atoms with Crippen molar-refractivity contribution in [3.05, 3.63) is 90.8 Å². The molecular formula is C23H16ClFN2O5S. The van der Waals surface area contributed by atoms with Gasteiger partial charge in [-0.3, -0.25) is 24.6 Å². The lowest BCUT2D eigenvalue weighted by molar-refractivity contribution is -0.385. The van der Waals surface area contributed by atoms with E-state index in [-0.39, 0.29) is 27.7 Å². The van der Waals surface area contributed by atoms with Crippen LogP contribution in [0, 0.1) is 29.8 Å². The van der Waals surface area contributed by atoms with Crippen molar-refractivity contribution in [2.75, 3.05) is 0 Å². The molecule has 0 saturated carbocycles. The number of thioether (sulfide) groups is 1. The van der Waals surface area contributed by atoms with Crippen molar-refractivity contribution in [2.45, 2.75) is 20.4 Å². The Morgan fingerprint density at radius 3 is 2.67 bits per heavy atom. The minimum absolute atomic E-state index is 0.0177. The minimum Gasteiger partial charge on any atom is -0.457 e. The van der Waals surface area contributed by atoms with Crippen molar-refractivity contribution in [3.8, 4) is 11.3 Å². The van der Waals surface area contributed by atoms with Crippen LogP contribution in [-0.2, 0) is 11.3 Å². The second kappa shape index (κ2) is 8.84. The third kappa shape index (κ3) is 4.42. The van der Waals surface area contributed by atoms with Gasteiger partial charge < -0.3 is 4.42 Å². The van der Waals surface area contributed by atoms with Crippen LogP contribution in [-0.4, -0.2) is 21.0 Å². The van der Waals surface area contributed by atoms with Crippen LogP contribution in [0.25, 0.3) is 17.4 Å². The molecule has 7 nitrogen and oxygen atoms in total. The van der Waals surface area contributed by atoms with Gasteiger partial charge in [0.05, 0.1) is 16.4 Å². The van der Waals surface area contributed by atoms with E-state index in [0.717, 1.165) is 10.5 Å². The van der Waals surface area contributed by atoms with E-state index in [2.05, 4.69) is 0 Å². The first-order valence-corrected chi connectivity index (χ1v) is 10.9. The molecule has 2 amide bonds. The Morgan fingerprint density at radius 1 is 1.21 bits per heavy atom. The number of halogens is 2. The number of hydrogen-bond donors (Lipinski definition) is 0. The molecule has 168 valence electrons. The maximum absolute atomic E-state index is 14.1. The summed E-state index contributed by atoms with van der Waals surface area (Å²) < 4.78 is 19.8. The first-order valence-electron chi connectivity index (χ1n) is 9.70. The van der Waals surface area contributed by atoms with E-state index in [4.69, 9.17) is 16.0 Å². The van der Waals surface area contributed by atoms with Gasteiger partial charge in [-0.2, -0.15) is 0 Å². The van der Waals surface area contributed by atoms with E-state index in [1.165, 1.54) is 30.3 Å². The van der Waals surface area contributed by atoms with Crippen LogP contribution in [0.2, 0.25) is 5.02 Å². The molecule has 0 aliphatic carbocycles. The zero-order chi connectivity index (χ0) is 23.9. The summed E-state index contributed by atoms with van der Waals surface area (Å²) in [6.07, 6.45) is 1.41. The Balaban J connectivity index is 1.60. The summed E-state index contributed by atoms with van der Waals surface area (Å²) in [5.74, 6) is -0.530. The molecule has 3 aromatic rings. The highest BCUT2D eigenvalue weighted by molar-refractivity contribution is 8.18. The third-order valence-electron chi connectivity index (χ3n) is 5.27. The Hall–Kier alpha value is -3.43. The van der Waals surface area contributed by atoms with Crippen molar-refractivity contribution >= 4 is 46.3 Å². The van der Waals surface area contributed by atoms with E-state index >= 15 is 0 Å². The van der Waals surface area contributed by atoms with E-state index in [9.17, 15) is 24.1 Å². The van der Waals surface area contributed by atoms with Gasteiger partial charge in [0, 0.05) is 33.9 Å². The van der Waals surface area contributed by atoms with E-state index in [0.29, 0.717) is 34.4 Å². The number of nitro benzene ring substituents is 1. The lowest BCUT2D eigenvalue weighted by atomic mass is 10.0. The summed E-state index contributed by atoms with van der Waals surface area (Å²) in [6.45, 7) is 3.16. The largest absolute Gasteiger partial charge is 0.457 e. The Labute approximate surface area is 197 Å². The lowest BCUT2D eigenvalue weighted by Crippen LogP contribution is -2.28. The van der Waals surface area contributed by atoms with Gasteiger partial charge in [0.1, 0.15) is 17.3 Å². The SMILES string of the molecule is Cc1cc(-c2ccc(/C=C3/SC(=O)N(Cc4c(F)cccc4Cl)C3=O)o2)cc([N+](=O)[O-])c1C. The number of hydrogen-bond acceptors (Lipinski definition) is 6. The Kier molecular flexibility index (Phi) is 6.09. The molecule has 4 rings (SSSR count). The van der Waals surface area contributed by atoms with Gasteiger partial charge in [-0.1, -0.05) is 17.7 Å². The molecule has 0 spiro atoms. The smallest absolute Gasteiger partial charge is 0.293 e. The van der Waals surface area contributed by atoms with Crippen LogP contribution in [0.3, 0.4) is 0 Å². The second-order valence-electron chi connectivity index (χ2n) is 7.36. The molecule has 0 radical (unpaired) electrons. The summed E-state index contributed by atoms with van der Waals surface area (Å²) in [4.78, 5) is 37.0. The fraction of sp³-hybridized carbons (Fsp3) is 0.130. The lowest BCUT2D eigenvalue weighted by Gasteiger charge is -2.14. The number of rotatable bonds is 5. The van der Waals surface area contributed by atoms with Crippen molar-refractivity contribution in [3.63, 3.8) is 0 Å². The van der Waals surface area contributed by atoms with E-state index in [1.807, 2.05) is 0 Å². The molecule has 0 bridgehead atoms. The molecule has 1 saturated heterocycles. The third-order valence-corrected chi connectivity index (χ3v) is 6.53. The van der Waals surface area contributed by atoms with Crippen LogP contribution in [0.4, 0.5) is 14.9 Å². The molecule has 33 heavy (non-hydrogen) atoms. The van der Waals surface area contributed by atoms with Crippen molar-refractivity contribution in [2.24, 2.45) is 0 Å². The monoisotopic (exact) mass is 486 g/mol. The average Bonchev–Trinajstić information content (AvgIpc) is 3.32. The minimum atomic E-state index is -0.608. The van der Waals surface area contributed by atoms with Crippen LogP contribution < -0.4 is 0 Å². The maximum atomic E-state index is 14.1. The normalized spacial score (nSPS) is 15.0. The molecule has 2 aromatic carbocycles. The van der Waals surface area contributed by atoms with Gasteiger partial charge >= 0.3 is 0 Å². The summed E-state index contributed by atoms with van der Waals surface area (Å²) >= 11 is 6.72. The standard InChI is InChI=1S/C23H16ClFN2O5S/c1-12-8-14(9-19(13(12)2)27(30)31)20-7-6-15(32-20)10-21-22(28)26(23(29)33-21)11-16-17(24)4-3-5-18(16)25/h3-10H,11H2,1-2H3/b21-10+. The molecule has 1 fully saturated rings. The Morgan fingerprint density at radius 2 is 1.97 bits per heavy atom. The first kappa shape index (κ1) is 22.8. The molecule has 0 atom stereocenters. The van der Waals surface area contributed by atoms with Crippen molar-refractivity contribution < 1.29 is 23.3 Å². The summed E-state index contributed by atoms with van der Waals surface area (Å²) in [5.41, 5.74) is 1.87. The molecule has 1 aliphatic rings. The molecule has 1 aromatic heterocycles. The number of benzene rings is 2. The van der Waals surface area contributed by atoms with Crippen molar-refractivity contribution in [1.82, 2.24) is 4.90 Å². The molecule has 1 aliphatic heterocycles. The zero-order valence-corrected chi connectivity index (χ0v) is 19.0. The van der Waals surface area contributed by atoms with Gasteiger partial charge in [-0.15, -0.1) is 0 Å². The van der Waals surface area contributed by atoms with Crippen LogP contribution >= 0.6 is 23.4 Å². The topological polar surface area (TPSA) is 93.7 Å². The average molecular weight is 487 g/mol. The fourth-order valence-corrected chi connectivity index (χ4v) is 4.41. The predicted molar refractivity (Wildman–Crippen MR) is 123 cm³/mol. The van der Waals surface area contributed by atoms with Gasteiger partial charge in [0.2, 0.25) is 0 Å². The fourth-order valence-electron chi connectivity index (χ4n) is 3.37. The number of nitrogens with zero attached hydrogens (tertiary/aromatic N) is 2. The number of aryl methyl sites for hydroxylation is 1. The van der Waals surface area contributed by atoms with E-state index in [1.54, 1.807) is 32.0 Å². The number of carbonyl (C=O) groups is 2. The van der Waals surface area contributed by atoms with Crippen LogP contribution in [0.5, 0.6) is 0 Å². The van der Waals surface area contributed by atoms with Gasteiger partial charge in [-0.05, 0) is 61.5 Å². The molecule has 10 heteroatoms.